The highest BCUT2D eigenvalue weighted by molar-refractivity contribution is 7.89. The molecule has 1 rings (SSSR count). The van der Waals surface area contributed by atoms with E-state index >= 15 is 0 Å². The first-order valence-corrected chi connectivity index (χ1v) is 6.22. The van der Waals surface area contributed by atoms with Crippen molar-refractivity contribution < 1.29 is 12.8 Å². The van der Waals surface area contributed by atoms with Crippen molar-refractivity contribution in [1.82, 2.24) is 4.72 Å². The number of nitrogens with one attached hydrogen (secondary N) is 1. The molecule has 5 heteroatoms. The van der Waals surface area contributed by atoms with Crippen molar-refractivity contribution in [2.75, 3.05) is 0 Å². The van der Waals surface area contributed by atoms with Crippen LogP contribution in [0.1, 0.15) is 20.3 Å². The topological polar surface area (TPSA) is 46.2 Å². The molecule has 84 valence electrons. The zero-order valence-corrected chi connectivity index (χ0v) is 9.51. The highest BCUT2D eigenvalue weighted by atomic mass is 32.2. The Labute approximate surface area is 89.4 Å². The number of rotatable bonds is 4. The molecule has 0 fully saturated rings. The maximum absolute atomic E-state index is 12.8. The molecule has 1 aromatic rings. The van der Waals surface area contributed by atoms with Gasteiger partial charge in [0.05, 0.1) is 4.90 Å². The summed E-state index contributed by atoms with van der Waals surface area (Å²) in [4.78, 5) is -0.0391. The molecule has 0 unspecified atom stereocenters. The average molecular weight is 231 g/mol. The van der Waals surface area contributed by atoms with Crippen molar-refractivity contribution in [3.05, 3.63) is 30.1 Å². The van der Waals surface area contributed by atoms with Crippen molar-refractivity contribution in [1.29, 1.82) is 0 Å². The summed E-state index contributed by atoms with van der Waals surface area (Å²) in [6.07, 6.45) is 0.689. The van der Waals surface area contributed by atoms with Crippen LogP contribution in [-0.2, 0) is 10.0 Å². The summed E-state index contributed by atoms with van der Waals surface area (Å²) in [6.45, 7) is 3.63. The molecule has 0 heterocycles. The Morgan fingerprint density at radius 3 is 2.67 bits per heavy atom. The highest BCUT2D eigenvalue weighted by Gasteiger charge is 2.16. The molecule has 0 amide bonds. The van der Waals surface area contributed by atoms with Gasteiger partial charge in [-0.3, -0.25) is 0 Å². The van der Waals surface area contributed by atoms with E-state index in [2.05, 4.69) is 4.72 Å². The molecule has 0 bridgehead atoms. The van der Waals surface area contributed by atoms with E-state index in [-0.39, 0.29) is 10.9 Å². The molecule has 0 aliphatic carbocycles. The van der Waals surface area contributed by atoms with Crippen molar-refractivity contribution in [3.63, 3.8) is 0 Å². The quantitative estimate of drug-likeness (QED) is 0.860. The fourth-order valence-corrected chi connectivity index (χ4v) is 2.41. The minimum atomic E-state index is -3.58. The second kappa shape index (κ2) is 4.72. The molecule has 0 saturated carbocycles. The second-order valence-corrected chi connectivity index (χ2v) is 5.10. The van der Waals surface area contributed by atoms with Gasteiger partial charge < -0.3 is 0 Å². The second-order valence-electron chi connectivity index (χ2n) is 3.39. The Kier molecular flexibility index (Phi) is 3.82. The van der Waals surface area contributed by atoms with Crippen molar-refractivity contribution >= 4 is 10.0 Å². The van der Waals surface area contributed by atoms with Gasteiger partial charge in [0.25, 0.3) is 0 Å². The number of benzene rings is 1. The summed E-state index contributed by atoms with van der Waals surface area (Å²) in [7, 11) is -3.58. The Bertz CT molecular complexity index is 431. The molecule has 15 heavy (non-hydrogen) atoms. The smallest absolute Gasteiger partial charge is 0.208 e. The van der Waals surface area contributed by atoms with Gasteiger partial charge in [0.2, 0.25) is 10.0 Å². The number of hydrogen-bond donors (Lipinski definition) is 1. The van der Waals surface area contributed by atoms with Gasteiger partial charge in [-0.2, -0.15) is 0 Å². The van der Waals surface area contributed by atoms with E-state index in [1.54, 1.807) is 6.92 Å². The van der Waals surface area contributed by atoms with Crippen molar-refractivity contribution in [2.24, 2.45) is 0 Å². The Hall–Kier alpha value is -0.940. The lowest BCUT2D eigenvalue weighted by Crippen LogP contribution is -2.32. The van der Waals surface area contributed by atoms with Crippen LogP contribution in [0.3, 0.4) is 0 Å². The van der Waals surface area contributed by atoms with E-state index in [0.717, 1.165) is 6.07 Å². The van der Waals surface area contributed by atoms with E-state index in [4.69, 9.17) is 0 Å². The van der Waals surface area contributed by atoms with E-state index in [0.29, 0.717) is 6.42 Å². The summed E-state index contributed by atoms with van der Waals surface area (Å²) in [5.74, 6) is -0.554. The third-order valence-corrected chi connectivity index (χ3v) is 3.66. The molecule has 1 N–H and O–H groups in total. The number of sulfonamides is 1. The van der Waals surface area contributed by atoms with Gasteiger partial charge in [0, 0.05) is 6.04 Å². The van der Waals surface area contributed by atoms with E-state index in [9.17, 15) is 12.8 Å². The Balaban J connectivity index is 2.96. The van der Waals surface area contributed by atoms with Crippen LogP contribution in [0.2, 0.25) is 0 Å². The fourth-order valence-electron chi connectivity index (χ4n) is 1.05. The van der Waals surface area contributed by atoms with Crippen LogP contribution in [0.4, 0.5) is 4.39 Å². The molecule has 1 atom stereocenters. The van der Waals surface area contributed by atoms with Crippen LogP contribution >= 0.6 is 0 Å². The maximum Gasteiger partial charge on any atom is 0.240 e. The van der Waals surface area contributed by atoms with E-state index in [1.807, 2.05) is 6.92 Å². The van der Waals surface area contributed by atoms with E-state index < -0.39 is 15.8 Å². The minimum Gasteiger partial charge on any atom is -0.208 e. The molecule has 0 radical (unpaired) electrons. The highest BCUT2D eigenvalue weighted by Crippen LogP contribution is 2.11. The van der Waals surface area contributed by atoms with Crippen molar-refractivity contribution in [3.8, 4) is 0 Å². The Morgan fingerprint density at radius 1 is 1.47 bits per heavy atom. The van der Waals surface area contributed by atoms with Crippen LogP contribution in [0.15, 0.2) is 29.2 Å². The summed E-state index contributed by atoms with van der Waals surface area (Å²) < 4.78 is 38.6. The standard InChI is InChI=1S/C10H14FNO2S/c1-3-8(2)12-15(13,14)10-6-4-5-9(11)7-10/h4-8,12H,3H2,1-2H3/t8-/m1/s1. The van der Waals surface area contributed by atoms with Gasteiger partial charge in [-0.05, 0) is 31.5 Å². The monoisotopic (exact) mass is 231 g/mol. The third kappa shape index (κ3) is 3.28. The summed E-state index contributed by atoms with van der Waals surface area (Å²) in [5, 5.41) is 0. The van der Waals surface area contributed by atoms with Crippen LogP contribution in [0.25, 0.3) is 0 Å². The van der Waals surface area contributed by atoms with E-state index in [1.165, 1.54) is 18.2 Å². The summed E-state index contributed by atoms with van der Waals surface area (Å²) >= 11 is 0. The first kappa shape index (κ1) is 12.1. The lowest BCUT2D eigenvalue weighted by molar-refractivity contribution is 0.553. The van der Waals surface area contributed by atoms with Crippen LogP contribution in [0.5, 0.6) is 0 Å². The number of halogens is 1. The first-order chi connectivity index (χ1) is 6.95. The van der Waals surface area contributed by atoms with Gasteiger partial charge in [-0.1, -0.05) is 13.0 Å². The molecule has 0 spiro atoms. The normalized spacial score (nSPS) is 13.8. The van der Waals surface area contributed by atoms with Gasteiger partial charge in [0.15, 0.2) is 0 Å². The SMILES string of the molecule is CC[C@@H](C)NS(=O)(=O)c1cccc(F)c1. The molecular weight excluding hydrogens is 217 g/mol. The minimum absolute atomic E-state index is 0.0391. The van der Waals surface area contributed by atoms with Gasteiger partial charge in [0.1, 0.15) is 5.82 Å². The van der Waals surface area contributed by atoms with Crippen LogP contribution < -0.4 is 4.72 Å². The van der Waals surface area contributed by atoms with Gasteiger partial charge in [-0.25, -0.2) is 17.5 Å². The summed E-state index contributed by atoms with van der Waals surface area (Å²) in [5.41, 5.74) is 0. The predicted octanol–water partition coefficient (Wildman–Crippen LogP) is 1.90. The molecule has 1 aromatic carbocycles. The molecule has 0 aliphatic rings. The Morgan fingerprint density at radius 2 is 2.13 bits per heavy atom. The molecule has 3 nitrogen and oxygen atoms in total. The predicted molar refractivity (Wildman–Crippen MR) is 56.5 cm³/mol. The maximum atomic E-state index is 12.8. The lowest BCUT2D eigenvalue weighted by Gasteiger charge is -2.11. The zero-order chi connectivity index (χ0) is 11.5. The largest absolute Gasteiger partial charge is 0.240 e. The lowest BCUT2D eigenvalue weighted by atomic mass is 10.3. The summed E-state index contributed by atoms with van der Waals surface area (Å²) in [6, 6.07) is 4.81. The zero-order valence-electron chi connectivity index (χ0n) is 8.70. The third-order valence-electron chi connectivity index (χ3n) is 2.08. The van der Waals surface area contributed by atoms with Gasteiger partial charge >= 0.3 is 0 Å². The average Bonchev–Trinajstić information content (AvgIpc) is 2.17. The van der Waals surface area contributed by atoms with Gasteiger partial charge in [-0.15, -0.1) is 0 Å². The molecule has 0 aromatic heterocycles. The van der Waals surface area contributed by atoms with Crippen LogP contribution in [-0.4, -0.2) is 14.5 Å². The molecule has 0 saturated heterocycles. The first-order valence-electron chi connectivity index (χ1n) is 4.73. The van der Waals surface area contributed by atoms with Crippen LogP contribution in [0, 0.1) is 5.82 Å². The molecular formula is C10H14FNO2S. The number of hydrogen-bond acceptors (Lipinski definition) is 2. The molecule has 0 aliphatic heterocycles. The fraction of sp³-hybridized carbons (Fsp3) is 0.400. The van der Waals surface area contributed by atoms with Crippen molar-refractivity contribution in [2.45, 2.75) is 31.2 Å².